The van der Waals surface area contributed by atoms with Crippen LogP contribution in [0.1, 0.15) is 55.5 Å². The van der Waals surface area contributed by atoms with Crippen molar-refractivity contribution in [1.29, 1.82) is 0 Å². The predicted octanol–water partition coefficient (Wildman–Crippen LogP) is 4.38. The molecule has 1 saturated carbocycles. The number of amides is 3. The summed E-state index contributed by atoms with van der Waals surface area (Å²) in [6.07, 6.45) is 7.44. The highest BCUT2D eigenvalue weighted by molar-refractivity contribution is 14.1. The van der Waals surface area contributed by atoms with Gasteiger partial charge < -0.3 is 9.32 Å². The van der Waals surface area contributed by atoms with Crippen molar-refractivity contribution in [2.75, 3.05) is 4.90 Å². The summed E-state index contributed by atoms with van der Waals surface area (Å²) in [5.41, 5.74) is 0.550. The van der Waals surface area contributed by atoms with Gasteiger partial charge in [0.1, 0.15) is 6.04 Å². The molecule has 152 valence electrons. The smallest absolute Gasteiger partial charge is 0.290 e. The summed E-state index contributed by atoms with van der Waals surface area (Å²) in [5.74, 6) is -0.702. The van der Waals surface area contributed by atoms with Gasteiger partial charge in [-0.15, -0.1) is 0 Å². The number of carbonyl (C=O) groups excluding carboxylic acids is 3. The summed E-state index contributed by atoms with van der Waals surface area (Å²) >= 11 is 2.18. The van der Waals surface area contributed by atoms with Crippen LogP contribution in [0.3, 0.4) is 0 Å². The second kappa shape index (κ2) is 8.69. The fourth-order valence-electron chi connectivity index (χ4n) is 4.32. The maximum absolute atomic E-state index is 13.3. The van der Waals surface area contributed by atoms with Crippen molar-refractivity contribution in [1.82, 2.24) is 4.90 Å². The van der Waals surface area contributed by atoms with Crippen molar-refractivity contribution >= 4 is 46.0 Å². The van der Waals surface area contributed by atoms with E-state index in [0.717, 1.165) is 42.1 Å². The van der Waals surface area contributed by atoms with Crippen molar-refractivity contribution in [3.05, 3.63) is 52.0 Å². The van der Waals surface area contributed by atoms with Gasteiger partial charge >= 0.3 is 0 Å². The van der Waals surface area contributed by atoms with E-state index in [1.807, 2.05) is 12.1 Å². The largest absolute Gasteiger partial charge is 0.459 e. The Kier molecular flexibility index (Phi) is 6.03. The minimum absolute atomic E-state index is 0.00771. The third-order valence-corrected chi connectivity index (χ3v) is 6.45. The standard InChI is InChI=1S/C22H23IN2O4/c23-15-9-11-17(12-10-15)25-20(26)14-18(21(25)27)24(16-6-3-1-2-4-7-16)22(28)19-8-5-13-29-19/h5,8-13,16,18H,1-4,6-7,14H2. The highest BCUT2D eigenvalue weighted by Crippen LogP contribution is 2.32. The Morgan fingerprint density at radius 3 is 2.34 bits per heavy atom. The lowest BCUT2D eigenvalue weighted by Crippen LogP contribution is -2.50. The van der Waals surface area contributed by atoms with Gasteiger partial charge in [0.15, 0.2) is 5.76 Å². The first-order valence-corrected chi connectivity index (χ1v) is 11.1. The molecule has 1 aliphatic heterocycles. The van der Waals surface area contributed by atoms with E-state index in [9.17, 15) is 14.4 Å². The van der Waals surface area contributed by atoms with E-state index in [-0.39, 0.29) is 35.9 Å². The summed E-state index contributed by atoms with van der Waals surface area (Å²) in [5, 5.41) is 0. The maximum atomic E-state index is 13.3. The molecule has 4 rings (SSSR count). The minimum atomic E-state index is -0.789. The number of rotatable bonds is 4. The van der Waals surface area contributed by atoms with Gasteiger partial charge in [0.2, 0.25) is 5.91 Å². The average Bonchev–Trinajstić information content (AvgIpc) is 3.25. The van der Waals surface area contributed by atoms with Crippen LogP contribution in [0.5, 0.6) is 0 Å². The molecule has 2 aliphatic rings. The molecule has 3 amide bonds. The van der Waals surface area contributed by atoms with Crippen molar-refractivity contribution in [2.24, 2.45) is 0 Å². The Balaban J connectivity index is 1.66. The Bertz CT molecular complexity index is 886. The molecule has 1 atom stereocenters. The predicted molar refractivity (Wildman–Crippen MR) is 116 cm³/mol. The first kappa shape index (κ1) is 20.1. The van der Waals surface area contributed by atoms with E-state index in [1.54, 1.807) is 29.2 Å². The zero-order valence-corrected chi connectivity index (χ0v) is 18.2. The van der Waals surface area contributed by atoms with Crippen molar-refractivity contribution in [3.63, 3.8) is 0 Å². The first-order valence-electron chi connectivity index (χ1n) is 10.0. The Morgan fingerprint density at radius 1 is 1.03 bits per heavy atom. The highest BCUT2D eigenvalue weighted by atomic mass is 127. The van der Waals surface area contributed by atoms with Crippen LogP contribution in [0, 0.1) is 3.57 Å². The highest BCUT2D eigenvalue weighted by Gasteiger charge is 2.47. The van der Waals surface area contributed by atoms with Crippen LogP contribution in [0.15, 0.2) is 47.1 Å². The second-order valence-corrected chi connectivity index (χ2v) is 8.84. The zero-order chi connectivity index (χ0) is 20.4. The Morgan fingerprint density at radius 2 is 1.72 bits per heavy atom. The van der Waals surface area contributed by atoms with Gasteiger partial charge in [-0.3, -0.25) is 14.4 Å². The van der Waals surface area contributed by atoms with Crippen LogP contribution in [0.25, 0.3) is 0 Å². The van der Waals surface area contributed by atoms with Gasteiger partial charge in [0.25, 0.3) is 11.8 Å². The molecule has 7 heteroatoms. The van der Waals surface area contributed by atoms with Crippen LogP contribution < -0.4 is 4.90 Å². The summed E-state index contributed by atoms with van der Waals surface area (Å²) in [6, 6.07) is 9.69. The number of benzene rings is 1. The van der Waals surface area contributed by atoms with Gasteiger partial charge in [-0.2, -0.15) is 0 Å². The number of carbonyl (C=O) groups is 3. The summed E-state index contributed by atoms with van der Waals surface area (Å²) in [6.45, 7) is 0. The average molecular weight is 506 g/mol. The van der Waals surface area contributed by atoms with Gasteiger partial charge in [-0.05, 0) is 71.8 Å². The quantitative estimate of drug-likeness (QED) is 0.351. The fraction of sp³-hybridized carbons (Fsp3) is 0.409. The molecule has 0 bridgehead atoms. The number of anilines is 1. The topological polar surface area (TPSA) is 70.8 Å². The molecule has 0 N–H and O–H groups in total. The number of hydrogen-bond donors (Lipinski definition) is 0. The number of halogens is 1. The lowest BCUT2D eigenvalue weighted by atomic mass is 10.0. The molecule has 1 saturated heterocycles. The van der Waals surface area contributed by atoms with Gasteiger partial charge in [0, 0.05) is 9.61 Å². The van der Waals surface area contributed by atoms with Gasteiger partial charge in [0.05, 0.1) is 18.4 Å². The van der Waals surface area contributed by atoms with E-state index >= 15 is 0 Å². The first-order chi connectivity index (χ1) is 14.1. The van der Waals surface area contributed by atoms with Crippen molar-refractivity contribution < 1.29 is 18.8 Å². The third kappa shape index (κ3) is 4.10. The van der Waals surface area contributed by atoms with Crippen LogP contribution in [-0.2, 0) is 9.59 Å². The number of furan rings is 1. The molecule has 2 fully saturated rings. The molecule has 0 spiro atoms. The molecular weight excluding hydrogens is 483 g/mol. The molecular formula is C22H23IN2O4. The van der Waals surface area contributed by atoms with Crippen molar-refractivity contribution in [2.45, 2.75) is 57.0 Å². The lowest BCUT2D eigenvalue weighted by molar-refractivity contribution is -0.123. The summed E-state index contributed by atoms with van der Waals surface area (Å²) < 4.78 is 6.37. The summed E-state index contributed by atoms with van der Waals surface area (Å²) in [7, 11) is 0. The number of hydrogen-bond acceptors (Lipinski definition) is 4. The summed E-state index contributed by atoms with van der Waals surface area (Å²) in [4.78, 5) is 42.3. The Hall–Kier alpha value is -2.16. The van der Waals surface area contributed by atoms with E-state index in [0.29, 0.717) is 5.69 Å². The SMILES string of the molecule is O=C1CC(N(C(=O)c2ccco2)C2CCCCCC2)C(=O)N1c1ccc(I)cc1. The van der Waals surface area contributed by atoms with Gasteiger partial charge in [-0.1, -0.05) is 25.7 Å². The monoisotopic (exact) mass is 506 g/mol. The maximum Gasteiger partial charge on any atom is 0.290 e. The Labute approximate surface area is 183 Å². The zero-order valence-electron chi connectivity index (χ0n) is 16.1. The molecule has 1 unspecified atom stereocenters. The molecule has 1 aromatic carbocycles. The number of imide groups is 1. The lowest BCUT2D eigenvalue weighted by Gasteiger charge is -2.34. The third-order valence-electron chi connectivity index (χ3n) is 5.73. The molecule has 1 aliphatic carbocycles. The van der Waals surface area contributed by atoms with Gasteiger partial charge in [-0.25, -0.2) is 4.90 Å². The van der Waals surface area contributed by atoms with E-state index in [4.69, 9.17) is 4.42 Å². The molecule has 1 aromatic heterocycles. The van der Waals surface area contributed by atoms with Crippen LogP contribution in [-0.4, -0.2) is 34.7 Å². The molecule has 29 heavy (non-hydrogen) atoms. The van der Waals surface area contributed by atoms with Crippen molar-refractivity contribution in [3.8, 4) is 0 Å². The molecule has 2 aromatic rings. The minimum Gasteiger partial charge on any atom is -0.459 e. The van der Waals surface area contributed by atoms with Crippen LogP contribution >= 0.6 is 22.6 Å². The second-order valence-electron chi connectivity index (χ2n) is 7.60. The van der Waals surface area contributed by atoms with Crippen LogP contribution in [0.2, 0.25) is 0 Å². The van der Waals surface area contributed by atoms with E-state index < -0.39 is 6.04 Å². The van der Waals surface area contributed by atoms with Crippen LogP contribution in [0.4, 0.5) is 5.69 Å². The van der Waals surface area contributed by atoms with E-state index in [1.165, 1.54) is 11.2 Å². The normalized spacial score (nSPS) is 20.7. The number of nitrogens with zero attached hydrogens (tertiary/aromatic N) is 2. The fourth-order valence-corrected chi connectivity index (χ4v) is 4.68. The molecule has 0 radical (unpaired) electrons. The molecule has 2 heterocycles. The van der Waals surface area contributed by atoms with E-state index in [2.05, 4.69) is 22.6 Å². The molecule has 6 nitrogen and oxygen atoms in total.